The van der Waals surface area contributed by atoms with Crippen LogP contribution in [0.5, 0.6) is 5.75 Å². The maximum absolute atomic E-state index is 12.2. The molecule has 0 atom stereocenters. The first-order valence-electron chi connectivity index (χ1n) is 7.39. The van der Waals surface area contributed by atoms with Crippen molar-refractivity contribution in [3.05, 3.63) is 45.8 Å². The third kappa shape index (κ3) is 2.76. The molecule has 3 rings (SSSR count). The van der Waals surface area contributed by atoms with Gasteiger partial charge in [-0.25, -0.2) is 4.99 Å². The minimum atomic E-state index is -0.0798. The summed E-state index contributed by atoms with van der Waals surface area (Å²) < 4.78 is 0. The topological polar surface area (TPSA) is 61.7 Å². The lowest BCUT2D eigenvalue weighted by Gasteiger charge is -2.11. The number of rotatable bonds is 3. The molecule has 0 fully saturated rings. The van der Waals surface area contributed by atoms with E-state index in [2.05, 4.69) is 10.3 Å². The summed E-state index contributed by atoms with van der Waals surface area (Å²) in [6, 6.07) is 7.04. The quantitative estimate of drug-likeness (QED) is 0.853. The number of carbonyl (C=O) groups excluding carboxylic acids is 1. The number of benzene rings is 1. The second kappa shape index (κ2) is 6.32. The van der Waals surface area contributed by atoms with Crippen molar-refractivity contribution in [2.75, 3.05) is 7.05 Å². The van der Waals surface area contributed by atoms with E-state index >= 15 is 0 Å². The van der Waals surface area contributed by atoms with Gasteiger partial charge in [-0.05, 0) is 43.4 Å². The predicted octanol–water partition coefficient (Wildman–Crippen LogP) is 3.44. The van der Waals surface area contributed by atoms with E-state index < -0.39 is 0 Å². The van der Waals surface area contributed by atoms with Crippen LogP contribution in [0, 0.1) is 0 Å². The Hall–Kier alpha value is -2.14. The first kappa shape index (κ1) is 14.8. The van der Waals surface area contributed by atoms with E-state index in [9.17, 15) is 9.90 Å². The predicted molar refractivity (Wildman–Crippen MR) is 89.7 cm³/mol. The SMILES string of the molecule is CNC(=O)c1c(/N=C/c2ccccc2O)sc2c1CCCC2. The van der Waals surface area contributed by atoms with E-state index in [1.54, 1.807) is 42.8 Å². The first-order valence-corrected chi connectivity index (χ1v) is 8.21. The normalized spacial score (nSPS) is 14.0. The molecule has 0 bridgehead atoms. The molecule has 1 heterocycles. The van der Waals surface area contributed by atoms with Gasteiger partial charge in [0.2, 0.25) is 0 Å². The van der Waals surface area contributed by atoms with Crippen LogP contribution in [0.25, 0.3) is 0 Å². The zero-order valence-electron chi connectivity index (χ0n) is 12.4. The number of nitrogens with one attached hydrogen (secondary N) is 1. The minimum Gasteiger partial charge on any atom is -0.507 e. The molecule has 0 unspecified atom stereocenters. The summed E-state index contributed by atoms with van der Waals surface area (Å²) in [7, 11) is 1.64. The van der Waals surface area contributed by atoms with Gasteiger partial charge in [-0.1, -0.05) is 12.1 Å². The Morgan fingerprint density at radius 2 is 2.09 bits per heavy atom. The fraction of sp³-hybridized carbons (Fsp3) is 0.294. The van der Waals surface area contributed by atoms with Gasteiger partial charge in [-0.2, -0.15) is 0 Å². The number of hydrogen-bond donors (Lipinski definition) is 2. The number of nitrogens with zero attached hydrogens (tertiary/aromatic N) is 1. The van der Waals surface area contributed by atoms with Gasteiger partial charge < -0.3 is 10.4 Å². The van der Waals surface area contributed by atoms with E-state index in [4.69, 9.17) is 0 Å². The lowest BCUT2D eigenvalue weighted by Crippen LogP contribution is -2.19. The van der Waals surface area contributed by atoms with Crippen molar-refractivity contribution in [2.45, 2.75) is 25.7 Å². The largest absolute Gasteiger partial charge is 0.507 e. The van der Waals surface area contributed by atoms with Crippen LogP contribution < -0.4 is 5.32 Å². The Balaban J connectivity index is 2.01. The van der Waals surface area contributed by atoms with Crippen LogP contribution >= 0.6 is 11.3 Å². The average Bonchev–Trinajstić information content (AvgIpc) is 2.91. The van der Waals surface area contributed by atoms with Crippen molar-refractivity contribution >= 4 is 28.5 Å². The molecular weight excluding hydrogens is 296 g/mol. The fourth-order valence-corrected chi connectivity index (χ4v) is 3.96. The summed E-state index contributed by atoms with van der Waals surface area (Å²) >= 11 is 1.59. The number of amides is 1. The number of phenolic OH excluding ortho intramolecular Hbond substituents is 1. The highest BCUT2D eigenvalue weighted by atomic mass is 32.1. The third-order valence-electron chi connectivity index (χ3n) is 3.86. The third-order valence-corrected chi connectivity index (χ3v) is 5.06. The molecular formula is C17H18N2O2S. The molecule has 4 nitrogen and oxygen atoms in total. The van der Waals surface area contributed by atoms with Gasteiger partial charge in [0.05, 0.1) is 5.56 Å². The minimum absolute atomic E-state index is 0.0798. The molecule has 0 spiro atoms. The number of aryl methyl sites for hydroxylation is 1. The van der Waals surface area contributed by atoms with E-state index in [1.165, 1.54) is 11.3 Å². The molecule has 2 N–H and O–H groups in total. The summed E-state index contributed by atoms with van der Waals surface area (Å²) in [6.45, 7) is 0. The highest BCUT2D eigenvalue weighted by Crippen LogP contribution is 2.39. The maximum atomic E-state index is 12.2. The molecule has 2 aromatic rings. The van der Waals surface area contributed by atoms with E-state index in [0.717, 1.165) is 29.8 Å². The number of carbonyl (C=O) groups is 1. The number of aromatic hydroxyl groups is 1. The second-order valence-corrected chi connectivity index (χ2v) is 6.37. The molecule has 5 heteroatoms. The van der Waals surface area contributed by atoms with E-state index in [0.29, 0.717) is 11.1 Å². The van der Waals surface area contributed by atoms with Crippen LogP contribution in [0.15, 0.2) is 29.3 Å². The molecule has 1 aliphatic carbocycles. The smallest absolute Gasteiger partial charge is 0.254 e. The second-order valence-electron chi connectivity index (χ2n) is 5.29. The Labute approximate surface area is 133 Å². The number of thiophene rings is 1. The van der Waals surface area contributed by atoms with Crippen molar-refractivity contribution in [2.24, 2.45) is 4.99 Å². The summed E-state index contributed by atoms with van der Waals surface area (Å²) in [5.74, 6) is 0.109. The Morgan fingerprint density at radius 3 is 2.86 bits per heavy atom. The van der Waals surface area contributed by atoms with Crippen molar-refractivity contribution in [1.29, 1.82) is 0 Å². The lowest BCUT2D eigenvalue weighted by atomic mass is 9.95. The van der Waals surface area contributed by atoms with E-state index in [1.807, 2.05) is 6.07 Å². The fourth-order valence-electron chi connectivity index (χ4n) is 2.73. The molecule has 0 saturated carbocycles. The van der Waals surface area contributed by atoms with Crippen molar-refractivity contribution in [3.8, 4) is 5.75 Å². The number of aliphatic imine (C=N–C) groups is 1. The van der Waals surface area contributed by atoms with Crippen molar-refractivity contribution in [1.82, 2.24) is 5.32 Å². The molecule has 1 aliphatic rings. The van der Waals surface area contributed by atoms with Crippen LogP contribution in [-0.2, 0) is 12.8 Å². The van der Waals surface area contributed by atoms with Gasteiger partial charge in [0.25, 0.3) is 5.91 Å². The van der Waals surface area contributed by atoms with Gasteiger partial charge in [-0.3, -0.25) is 4.79 Å². The summed E-state index contributed by atoms with van der Waals surface area (Å²) in [5, 5.41) is 13.3. The highest BCUT2D eigenvalue weighted by molar-refractivity contribution is 7.16. The highest BCUT2D eigenvalue weighted by Gasteiger charge is 2.24. The van der Waals surface area contributed by atoms with Gasteiger partial charge in [0, 0.05) is 23.7 Å². The van der Waals surface area contributed by atoms with Gasteiger partial charge in [0.1, 0.15) is 10.8 Å². The summed E-state index contributed by atoms with van der Waals surface area (Å²) in [4.78, 5) is 18.0. The molecule has 114 valence electrons. The number of para-hydroxylation sites is 1. The number of hydrogen-bond acceptors (Lipinski definition) is 4. The molecule has 1 amide bonds. The lowest BCUT2D eigenvalue weighted by molar-refractivity contribution is 0.0963. The van der Waals surface area contributed by atoms with Crippen LogP contribution in [0.4, 0.5) is 5.00 Å². The molecule has 0 radical (unpaired) electrons. The summed E-state index contributed by atoms with van der Waals surface area (Å²) in [6.07, 6.45) is 5.88. The van der Waals surface area contributed by atoms with Crippen LogP contribution in [0.3, 0.4) is 0 Å². The van der Waals surface area contributed by atoms with Gasteiger partial charge in [-0.15, -0.1) is 11.3 Å². The van der Waals surface area contributed by atoms with E-state index in [-0.39, 0.29) is 11.7 Å². The Morgan fingerprint density at radius 1 is 1.32 bits per heavy atom. The Kier molecular flexibility index (Phi) is 4.24. The van der Waals surface area contributed by atoms with Crippen LogP contribution in [0.1, 0.15) is 39.2 Å². The number of fused-ring (bicyclic) bond motifs is 1. The van der Waals surface area contributed by atoms with Crippen molar-refractivity contribution in [3.63, 3.8) is 0 Å². The van der Waals surface area contributed by atoms with Crippen LogP contribution in [0.2, 0.25) is 0 Å². The zero-order chi connectivity index (χ0) is 15.5. The Bertz CT molecular complexity index is 734. The van der Waals surface area contributed by atoms with Gasteiger partial charge in [0.15, 0.2) is 0 Å². The molecule has 0 saturated heterocycles. The maximum Gasteiger partial charge on any atom is 0.254 e. The average molecular weight is 314 g/mol. The van der Waals surface area contributed by atoms with Crippen LogP contribution in [-0.4, -0.2) is 24.3 Å². The molecule has 22 heavy (non-hydrogen) atoms. The molecule has 0 aliphatic heterocycles. The standard InChI is InChI=1S/C17H18N2O2S/c1-18-16(21)15-12-7-3-5-9-14(12)22-17(15)19-10-11-6-2-4-8-13(11)20/h2,4,6,8,10,20H,3,5,7,9H2,1H3,(H,18,21)/b19-10+. The molecule has 1 aromatic heterocycles. The summed E-state index contributed by atoms with van der Waals surface area (Å²) in [5.41, 5.74) is 2.51. The monoisotopic (exact) mass is 314 g/mol. The van der Waals surface area contributed by atoms with Crippen molar-refractivity contribution < 1.29 is 9.90 Å². The van der Waals surface area contributed by atoms with Gasteiger partial charge >= 0.3 is 0 Å². The first-order chi connectivity index (χ1) is 10.7. The number of phenols is 1. The molecule has 1 aromatic carbocycles. The zero-order valence-corrected chi connectivity index (χ0v) is 13.2.